The minimum atomic E-state index is -1.01. The average molecular weight is 853 g/mol. The molecule has 0 radical (unpaired) electrons. The van der Waals surface area contributed by atoms with Crippen molar-refractivity contribution in [3.63, 3.8) is 0 Å². The van der Waals surface area contributed by atoms with Gasteiger partial charge in [-0.25, -0.2) is 4.98 Å². The van der Waals surface area contributed by atoms with Gasteiger partial charge in [-0.15, -0.1) is 45.3 Å². The summed E-state index contributed by atoms with van der Waals surface area (Å²) in [6.45, 7) is 0. The fourth-order valence-corrected chi connectivity index (χ4v) is 10.3. The van der Waals surface area contributed by atoms with Crippen LogP contribution in [0.15, 0.2) is 169 Å². The Morgan fingerprint density at radius 2 is 0.644 bits per heavy atom. The van der Waals surface area contributed by atoms with Crippen LogP contribution in [0.1, 0.15) is 38.4 Å². The van der Waals surface area contributed by atoms with Gasteiger partial charge in [-0.2, -0.15) is 9.97 Å². The molecule has 0 aliphatic heterocycles. The monoisotopic (exact) mass is 852 g/mol. The summed E-state index contributed by atoms with van der Waals surface area (Å²) in [7, 11) is 0. The van der Waals surface area contributed by atoms with Crippen molar-refractivity contribution in [3.05, 3.63) is 169 Å². The van der Waals surface area contributed by atoms with Gasteiger partial charge in [0.1, 0.15) is 0 Å². The zero-order valence-electron chi connectivity index (χ0n) is 56.9. The lowest BCUT2D eigenvalue weighted by atomic mass is 10.1. The van der Waals surface area contributed by atoms with Crippen molar-refractivity contribution in [1.29, 1.82) is 0 Å². The largest absolute Gasteiger partial charge is 0.279 e. The second kappa shape index (κ2) is 13.0. The van der Waals surface area contributed by atoms with Crippen LogP contribution in [-0.2, 0) is 0 Å². The molecule has 4 nitrogen and oxygen atoms in total. The highest BCUT2D eigenvalue weighted by molar-refractivity contribution is 7.27. The molecule has 0 N–H and O–H groups in total. The summed E-state index contributed by atoms with van der Waals surface area (Å²) in [5, 5.41) is -2.46. The molecule has 5 heterocycles. The Hall–Kier alpha value is -6.55. The number of benzene rings is 8. The van der Waals surface area contributed by atoms with Gasteiger partial charge in [0, 0.05) is 103 Å². The Balaban J connectivity index is 1.26. The smallest absolute Gasteiger partial charge is 0.238 e. The fourth-order valence-electron chi connectivity index (χ4n) is 6.64. The van der Waals surface area contributed by atoms with E-state index in [0.29, 0.717) is 50.2 Å². The van der Waals surface area contributed by atoms with E-state index in [4.69, 9.17) is 21.9 Å². The predicted molar refractivity (Wildman–Crippen MR) is 257 cm³/mol. The van der Waals surface area contributed by atoms with Crippen LogP contribution in [0.4, 0.5) is 17.3 Å². The van der Waals surface area contributed by atoms with E-state index in [1.807, 2.05) is 0 Å². The highest BCUT2D eigenvalue weighted by Crippen LogP contribution is 2.44. The molecule has 8 heteroatoms. The Morgan fingerprint density at radius 3 is 1.03 bits per heavy atom. The molecule has 13 aromatic rings. The molecule has 0 saturated carbocycles. The number of thiophene rings is 4. The maximum Gasteiger partial charge on any atom is 0.238 e. The molecule has 0 aliphatic carbocycles. The Morgan fingerprint density at radius 1 is 0.322 bits per heavy atom. The van der Waals surface area contributed by atoms with Gasteiger partial charge >= 0.3 is 0 Å². The first-order valence-corrected chi connectivity index (χ1v) is 20.4. The van der Waals surface area contributed by atoms with Crippen LogP contribution in [0.3, 0.4) is 0 Å². The normalized spacial score (nSPS) is 18.7. The molecule has 5 aromatic heterocycles. The molecule has 59 heavy (non-hydrogen) atoms. The quantitative estimate of drug-likeness (QED) is 0.173. The summed E-state index contributed by atoms with van der Waals surface area (Å²) in [6.07, 6.45) is 0. The third-order valence-corrected chi connectivity index (χ3v) is 13.3. The highest BCUT2D eigenvalue weighted by Gasteiger charge is 2.23. The van der Waals surface area contributed by atoms with E-state index in [1.165, 1.54) is 0 Å². The van der Waals surface area contributed by atoms with Crippen LogP contribution in [0.25, 0.3) is 103 Å². The maximum atomic E-state index is 10.1. The molecule has 13 rings (SSSR count). The molecule has 8 aromatic carbocycles. The second-order valence-corrected chi connectivity index (χ2v) is 16.7. The molecule has 0 fully saturated rings. The van der Waals surface area contributed by atoms with E-state index in [1.54, 1.807) is 0 Å². The van der Waals surface area contributed by atoms with Crippen molar-refractivity contribution in [2.45, 2.75) is 0 Å². The third-order valence-electron chi connectivity index (χ3n) is 9.23. The topological polar surface area (TPSA) is 41.9 Å². The van der Waals surface area contributed by atoms with Gasteiger partial charge in [-0.3, -0.25) is 4.90 Å². The first kappa shape index (κ1) is 16.2. The van der Waals surface area contributed by atoms with Gasteiger partial charge in [0.2, 0.25) is 5.95 Å². The van der Waals surface area contributed by atoms with Gasteiger partial charge in [0.05, 0.1) is 38.4 Å². The number of aromatic nitrogens is 3. The maximum absolute atomic E-state index is 10.1. The molecule has 0 amide bonds. The van der Waals surface area contributed by atoms with Crippen LogP contribution >= 0.6 is 45.3 Å². The van der Waals surface area contributed by atoms with Gasteiger partial charge in [0.15, 0.2) is 11.6 Å². The lowest BCUT2D eigenvalue weighted by molar-refractivity contribution is 1.02. The average Bonchev–Trinajstić information content (AvgIpc) is 1.70. The zero-order valence-corrected chi connectivity index (χ0v) is 32.2. The molecular formula is C51H28N4S4. The minimum Gasteiger partial charge on any atom is -0.279 e. The lowest BCUT2D eigenvalue weighted by Gasteiger charge is -2.24. The van der Waals surface area contributed by atoms with Crippen LogP contribution in [0.2, 0.25) is 0 Å². The van der Waals surface area contributed by atoms with Crippen molar-refractivity contribution in [1.82, 2.24) is 15.0 Å². The molecule has 0 bridgehead atoms. The summed E-state index contributed by atoms with van der Waals surface area (Å²) in [5.74, 6) is -2.74. The zero-order chi connectivity index (χ0) is 63.0. The van der Waals surface area contributed by atoms with Gasteiger partial charge < -0.3 is 0 Å². The lowest BCUT2D eigenvalue weighted by Crippen LogP contribution is -2.15. The third kappa shape index (κ3) is 5.34. The number of rotatable bonds is 5. The van der Waals surface area contributed by atoms with E-state index >= 15 is 0 Å². The number of fused-ring (bicyclic) bond motifs is 12. The first-order valence-electron chi connectivity index (χ1n) is 31.1. The van der Waals surface area contributed by atoms with Crippen LogP contribution in [0.5, 0.6) is 0 Å². The second-order valence-electron chi connectivity index (χ2n) is 12.6. The van der Waals surface area contributed by atoms with Crippen LogP contribution < -0.4 is 4.90 Å². The summed E-state index contributed by atoms with van der Waals surface area (Å²) >= 11 is 2.66. The van der Waals surface area contributed by atoms with Crippen molar-refractivity contribution in [2.75, 3.05) is 4.90 Å². The molecular weight excluding hydrogens is 797 g/mol. The van der Waals surface area contributed by atoms with E-state index in [-0.39, 0.29) is 80.7 Å². The predicted octanol–water partition coefficient (Wildman–Crippen LogP) is 16.1. The van der Waals surface area contributed by atoms with E-state index in [2.05, 4.69) is 15.0 Å². The Kier molecular flexibility index (Phi) is 3.57. The summed E-state index contributed by atoms with van der Waals surface area (Å²) in [5.41, 5.74) is -3.17. The fraction of sp³-hybridized carbons (Fsp3) is 0. The van der Waals surface area contributed by atoms with Gasteiger partial charge in [0.25, 0.3) is 0 Å². The number of nitrogens with zero attached hydrogens (tertiary/aromatic N) is 4. The summed E-state index contributed by atoms with van der Waals surface area (Å²) < 4.78 is 255. The van der Waals surface area contributed by atoms with Gasteiger partial charge in [-0.05, 0) is 96.7 Å². The van der Waals surface area contributed by atoms with Gasteiger partial charge in [-0.1, -0.05) is 72.5 Å². The van der Waals surface area contributed by atoms with Crippen LogP contribution in [0, 0.1) is 0 Å². The van der Waals surface area contributed by atoms with Crippen molar-refractivity contribution in [3.8, 4) is 22.8 Å². The number of hydrogen-bond donors (Lipinski definition) is 0. The van der Waals surface area contributed by atoms with Crippen molar-refractivity contribution < 1.29 is 38.4 Å². The van der Waals surface area contributed by atoms with E-state index < -0.39 is 209 Å². The van der Waals surface area contributed by atoms with E-state index in [9.17, 15) is 16.4 Å². The first-order chi connectivity index (χ1) is 40.9. The standard InChI is InChI=1S/C51H28N4S4/c1-5-13-41-33(9-1)37-25-29(17-21-45(37)56-41)49-52-50(30-18-22-46-38(26-30)34-10-2-6-14-42(34)57-46)54-51(53-49)55(31-19-23-47-39(27-31)35-11-3-7-15-43(35)58-47)32-20-24-48-40(28-32)36-12-4-8-16-44(36)59-48/h1-28H/i1D,2D,3D,4D,5D,6D,7D,8D,9D,10D,11D,12D,13D,14D,15D,16D,17D,18D,19D,20D,21D,22D,23D,24D,25D,26D,27D,28D. The van der Waals surface area contributed by atoms with Crippen molar-refractivity contribution >= 4 is 143 Å². The summed E-state index contributed by atoms with van der Waals surface area (Å²) in [6, 6.07) is -20.1. The molecule has 0 atom stereocenters. The number of hydrogen-bond acceptors (Lipinski definition) is 8. The minimum absolute atomic E-state index is 0.107. The summed E-state index contributed by atoms with van der Waals surface area (Å²) in [4.78, 5) is 14.6. The molecule has 0 spiro atoms. The van der Waals surface area contributed by atoms with Crippen molar-refractivity contribution in [2.24, 2.45) is 0 Å². The SMILES string of the molecule is [2H]c1c([2H])c([2H])c2c(sc3c([2H])c([2H])c(-c4nc(-c5c([2H])c([2H])c6sc7c([2H])c([2H])c([2H])c([2H])c7c6c5[2H])nc(N(c5c([2H])c([2H])c6sc7c([2H])c([2H])c([2H])c([2H])c7c6c5[2H])c5c([2H])c([2H])c6sc7c([2H])c([2H])c([2H])c([2H])c7c6c5[2H])n4)c([2H])c32)c1[2H]. The molecule has 276 valence electrons. The van der Waals surface area contributed by atoms with E-state index in [0.717, 1.165) is 0 Å². The molecule has 0 aliphatic rings. The molecule has 0 saturated heterocycles. The highest BCUT2D eigenvalue weighted by atomic mass is 32.1. The Labute approximate surface area is 392 Å². The van der Waals surface area contributed by atoms with Crippen LogP contribution in [-0.4, -0.2) is 15.0 Å². The molecule has 0 unspecified atom stereocenters. The number of anilines is 3. The Bertz CT molecular complexity index is 5150.